The van der Waals surface area contributed by atoms with Gasteiger partial charge in [-0.25, -0.2) is 9.78 Å². The number of piperazine rings is 1. The van der Waals surface area contributed by atoms with Gasteiger partial charge in [0.2, 0.25) is 11.8 Å². The Morgan fingerprint density at radius 3 is 2.64 bits per heavy atom. The molecule has 12 heteroatoms. The Bertz CT molecular complexity index is 1390. The van der Waals surface area contributed by atoms with Gasteiger partial charge in [-0.05, 0) is 43.2 Å². The number of thiazole rings is 1. The van der Waals surface area contributed by atoms with Crippen molar-refractivity contribution < 1.29 is 19.1 Å². The number of amides is 4. The van der Waals surface area contributed by atoms with Gasteiger partial charge in [-0.1, -0.05) is 35.6 Å². The summed E-state index contributed by atoms with van der Waals surface area (Å²) in [6.07, 6.45) is -0.164. The molecule has 206 valence electrons. The van der Waals surface area contributed by atoms with Crippen molar-refractivity contribution in [2.45, 2.75) is 45.1 Å². The second-order valence-electron chi connectivity index (χ2n) is 9.98. The van der Waals surface area contributed by atoms with E-state index < -0.39 is 12.2 Å². The molecule has 1 aromatic heterocycles. The zero-order chi connectivity index (χ0) is 27.8. The first-order chi connectivity index (χ1) is 18.7. The number of nitrogens with one attached hydrogen (secondary N) is 1. The minimum absolute atomic E-state index is 0.00863. The second-order valence-corrected chi connectivity index (χ2v) is 11.0. The van der Waals surface area contributed by atoms with E-state index in [2.05, 4.69) is 10.3 Å². The first kappa shape index (κ1) is 26.7. The van der Waals surface area contributed by atoms with Crippen LogP contribution in [0.3, 0.4) is 0 Å². The van der Waals surface area contributed by atoms with Crippen LogP contribution in [0.15, 0.2) is 42.5 Å². The standard InChI is InChI=1S/C27H33N7O4S/c1-16(2)34(27(37)29-3)32-15-23(35)33-20(12-17-8-10-19(38-4)11-9-17)25(36)31(14-22(32)33)13-18-6-5-7-21-24(18)30-26(28)39-21/h5-11,16,20,22H,12-15H2,1-4H3,(H2,28,30)(H,29,37)/t20-,22+/m0/s1. The van der Waals surface area contributed by atoms with Crippen LogP contribution in [-0.4, -0.2) is 88.1 Å². The molecule has 2 aromatic carbocycles. The molecule has 3 heterocycles. The van der Waals surface area contributed by atoms with Gasteiger partial charge in [-0.2, -0.15) is 5.01 Å². The lowest BCUT2D eigenvalue weighted by atomic mass is 9.99. The minimum atomic E-state index is -0.729. The predicted molar refractivity (Wildman–Crippen MR) is 149 cm³/mol. The summed E-state index contributed by atoms with van der Waals surface area (Å²) in [6.45, 7) is 4.37. The predicted octanol–water partition coefficient (Wildman–Crippen LogP) is 2.28. The molecule has 0 bridgehead atoms. The third-order valence-electron chi connectivity index (χ3n) is 7.22. The Hall–Kier alpha value is -3.90. The highest BCUT2D eigenvalue weighted by atomic mass is 32.1. The second kappa shape index (κ2) is 10.7. The fourth-order valence-electron chi connectivity index (χ4n) is 5.47. The summed E-state index contributed by atoms with van der Waals surface area (Å²) >= 11 is 1.40. The summed E-state index contributed by atoms with van der Waals surface area (Å²) < 4.78 is 6.23. The molecular formula is C27H33N7O4S. The van der Waals surface area contributed by atoms with Crippen molar-refractivity contribution in [1.82, 2.24) is 30.1 Å². The molecular weight excluding hydrogens is 518 g/mol. The van der Waals surface area contributed by atoms with Crippen molar-refractivity contribution in [2.24, 2.45) is 0 Å². The molecule has 3 aromatic rings. The van der Waals surface area contributed by atoms with Gasteiger partial charge in [0.15, 0.2) is 5.13 Å². The number of carbonyl (C=O) groups excluding carboxylic acids is 3. The number of urea groups is 1. The topological polar surface area (TPSA) is 124 Å². The van der Waals surface area contributed by atoms with Crippen LogP contribution in [0, 0.1) is 0 Å². The number of nitrogens with two attached hydrogens (primary N) is 1. The highest BCUT2D eigenvalue weighted by molar-refractivity contribution is 7.22. The van der Waals surface area contributed by atoms with Gasteiger partial charge in [0.05, 0.1) is 30.4 Å². The number of para-hydroxylation sites is 1. The zero-order valence-corrected chi connectivity index (χ0v) is 23.3. The number of ether oxygens (including phenoxy) is 1. The van der Waals surface area contributed by atoms with E-state index in [1.165, 1.54) is 11.3 Å². The van der Waals surface area contributed by atoms with E-state index in [1.807, 2.05) is 56.3 Å². The van der Waals surface area contributed by atoms with Crippen molar-refractivity contribution in [3.05, 3.63) is 53.6 Å². The van der Waals surface area contributed by atoms with Crippen LogP contribution in [0.1, 0.15) is 25.0 Å². The lowest BCUT2D eigenvalue weighted by Crippen LogP contribution is -2.66. The molecule has 2 aliphatic rings. The third-order valence-corrected chi connectivity index (χ3v) is 8.07. The van der Waals surface area contributed by atoms with E-state index >= 15 is 0 Å². The first-order valence-electron chi connectivity index (χ1n) is 12.9. The van der Waals surface area contributed by atoms with Crippen LogP contribution in [0.25, 0.3) is 10.2 Å². The highest BCUT2D eigenvalue weighted by Gasteiger charge is 2.52. The molecule has 4 amide bonds. The van der Waals surface area contributed by atoms with E-state index in [-0.39, 0.29) is 37.0 Å². The first-order valence-corrected chi connectivity index (χ1v) is 13.7. The Morgan fingerprint density at radius 1 is 1.23 bits per heavy atom. The number of hydrogen-bond acceptors (Lipinski definition) is 8. The van der Waals surface area contributed by atoms with Crippen molar-refractivity contribution in [2.75, 3.05) is 33.0 Å². The number of hydrogen-bond donors (Lipinski definition) is 2. The number of rotatable bonds is 7. The zero-order valence-electron chi connectivity index (χ0n) is 22.5. The fraction of sp³-hybridized carbons (Fsp3) is 0.407. The van der Waals surface area contributed by atoms with E-state index in [0.29, 0.717) is 23.8 Å². The lowest BCUT2D eigenvalue weighted by Gasteiger charge is -2.47. The Labute approximate surface area is 231 Å². The van der Waals surface area contributed by atoms with E-state index in [9.17, 15) is 14.4 Å². The maximum Gasteiger partial charge on any atom is 0.331 e. The van der Waals surface area contributed by atoms with Gasteiger partial charge in [0, 0.05) is 26.1 Å². The van der Waals surface area contributed by atoms with Gasteiger partial charge in [0.25, 0.3) is 0 Å². The van der Waals surface area contributed by atoms with Crippen molar-refractivity contribution >= 4 is 44.5 Å². The van der Waals surface area contributed by atoms with Crippen LogP contribution in [-0.2, 0) is 22.6 Å². The summed E-state index contributed by atoms with van der Waals surface area (Å²) in [5, 5.41) is 6.51. The normalized spacial score (nSPS) is 19.6. The van der Waals surface area contributed by atoms with Crippen LogP contribution in [0.5, 0.6) is 5.75 Å². The number of nitrogens with zero attached hydrogens (tertiary/aromatic N) is 5. The number of hydrazine groups is 1. The molecule has 11 nitrogen and oxygen atoms in total. The maximum absolute atomic E-state index is 14.0. The summed E-state index contributed by atoms with van der Waals surface area (Å²) in [5.74, 6) is 0.384. The van der Waals surface area contributed by atoms with Gasteiger partial charge in [-0.15, -0.1) is 0 Å². The van der Waals surface area contributed by atoms with Gasteiger partial charge in [0.1, 0.15) is 18.0 Å². The SMILES string of the molecule is CNC(=O)N(C(C)C)N1CC(=O)N2[C@@H](Cc3ccc(OC)cc3)C(=O)N(Cc3cccc4sc(N)nc34)C[C@@H]21. The molecule has 39 heavy (non-hydrogen) atoms. The average Bonchev–Trinajstić information content (AvgIpc) is 3.45. The summed E-state index contributed by atoms with van der Waals surface area (Å²) in [4.78, 5) is 48.3. The minimum Gasteiger partial charge on any atom is -0.497 e. The summed E-state index contributed by atoms with van der Waals surface area (Å²) in [7, 11) is 3.17. The number of carbonyl (C=O) groups is 3. The van der Waals surface area contributed by atoms with Gasteiger partial charge >= 0.3 is 6.03 Å². The number of fused-ring (bicyclic) bond motifs is 2. The molecule has 3 N–H and O–H groups in total. The monoisotopic (exact) mass is 551 g/mol. The van der Waals surface area contributed by atoms with Gasteiger partial charge < -0.3 is 25.6 Å². The van der Waals surface area contributed by atoms with Crippen LogP contribution >= 0.6 is 11.3 Å². The van der Waals surface area contributed by atoms with Crippen molar-refractivity contribution in [1.29, 1.82) is 0 Å². The molecule has 2 saturated heterocycles. The maximum atomic E-state index is 14.0. The molecule has 0 unspecified atom stereocenters. The van der Waals surface area contributed by atoms with Crippen LogP contribution < -0.4 is 15.8 Å². The quantitative estimate of drug-likeness (QED) is 0.462. The molecule has 0 saturated carbocycles. The number of nitrogen functional groups attached to an aromatic ring is 1. The molecule has 0 radical (unpaired) electrons. The van der Waals surface area contributed by atoms with Gasteiger partial charge in [-0.3, -0.25) is 14.6 Å². The molecule has 2 fully saturated rings. The average molecular weight is 552 g/mol. The smallest absolute Gasteiger partial charge is 0.331 e. The molecule has 0 aliphatic carbocycles. The molecule has 2 atom stereocenters. The molecule has 2 aliphatic heterocycles. The highest BCUT2D eigenvalue weighted by Crippen LogP contribution is 2.33. The Kier molecular flexibility index (Phi) is 7.32. The number of anilines is 1. The van der Waals surface area contributed by atoms with Crippen LogP contribution in [0.4, 0.5) is 9.93 Å². The van der Waals surface area contributed by atoms with E-state index in [0.717, 1.165) is 21.3 Å². The summed E-state index contributed by atoms with van der Waals surface area (Å²) in [5.41, 5.74) is 8.54. The van der Waals surface area contributed by atoms with E-state index in [4.69, 9.17) is 10.5 Å². The molecule has 0 spiro atoms. The number of benzene rings is 2. The van der Waals surface area contributed by atoms with Crippen molar-refractivity contribution in [3.8, 4) is 5.75 Å². The Morgan fingerprint density at radius 2 is 1.97 bits per heavy atom. The Balaban J connectivity index is 1.52. The van der Waals surface area contributed by atoms with Crippen molar-refractivity contribution in [3.63, 3.8) is 0 Å². The molecule has 5 rings (SSSR count). The number of methoxy groups -OCH3 is 1. The lowest BCUT2D eigenvalue weighted by molar-refractivity contribution is -0.158. The third kappa shape index (κ3) is 4.97. The summed E-state index contributed by atoms with van der Waals surface area (Å²) in [6, 6.07) is 12.1. The fourth-order valence-corrected chi connectivity index (χ4v) is 6.25. The number of aromatic nitrogens is 1. The largest absolute Gasteiger partial charge is 0.497 e. The van der Waals surface area contributed by atoms with E-state index in [1.54, 1.807) is 34.0 Å². The van der Waals surface area contributed by atoms with Crippen LogP contribution in [0.2, 0.25) is 0 Å².